The Morgan fingerprint density at radius 2 is 2.05 bits per heavy atom. The number of rotatable bonds is 7. The second-order valence-corrected chi connectivity index (χ2v) is 4.12. The molecule has 3 nitrogen and oxygen atoms in total. The van der Waals surface area contributed by atoms with Crippen molar-refractivity contribution in [2.45, 2.75) is 19.1 Å². The molecule has 0 unspecified atom stereocenters. The van der Waals surface area contributed by atoms with Crippen LogP contribution in [0.25, 0.3) is 0 Å². The third-order valence-electron chi connectivity index (χ3n) is 2.56. The van der Waals surface area contributed by atoms with E-state index in [0.717, 1.165) is 11.3 Å². The Morgan fingerprint density at radius 3 is 2.68 bits per heavy atom. The molecule has 1 aromatic carbocycles. The van der Waals surface area contributed by atoms with E-state index in [-0.39, 0.29) is 12.6 Å². The van der Waals surface area contributed by atoms with Gasteiger partial charge in [0.05, 0.1) is 13.7 Å². The molecular formula is C13H18F3NO2. The van der Waals surface area contributed by atoms with Crippen molar-refractivity contribution in [2.75, 3.05) is 26.9 Å². The van der Waals surface area contributed by atoms with Crippen molar-refractivity contribution in [1.29, 1.82) is 0 Å². The fraction of sp³-hybridized carbons (Fsp3) is 0.538. The molecule has 1 atom stereocenters. The smallest absolute Gasteiger partial charge is 0.411 e. The zero-order chi connectivity index (χ0) is 14.3. The molecule has 0 aliphatic rings. The topological polar surface area (TPSA) is 30.5 Å². The monoisotopic (exact) mass is 277 g/mol. The highest BCUT2D eigenvalue weighted by atomic mass is 19.4. The molecule has 0 aromatic heterocycles. The molecule has 0 spiro atoms. The quantitative estimate of drug-likeness (QED) is 0.777. The fourth-order valence-electron chi connectivity index (χ4n) is 1.56. The van der Waals surface area contributed by atoms with Crippen LogP contribution in [0.15, 0.2) is 24.3 Å². The molecule has 0 amide bonds. The molecule has 0 saturated heterocycles. The molecule has 0 saturated carbocycles. The average Bonchev–Trinajstić information content (AvgIpc) is 2.37. The Hall–Kier alpha value is -1.27. The first kappa shape index (κ1) is 15.8. The van der Waals surface area contributed by atoms with Gasteiger partial charge in [0.25, 0.3) is 0 Å². The molecule has 0 fully saturated rings. The molecule has 0 radical (unpaired) electrons. The lowest BCUT2D eigenvalue weighted by molar-refractivity contribution is -0.173. The second-order valence-electron chi connectivity index (χ2n) is 4.12. The van der Waals surface area contributed by atoms with Crippen molar-refractivity contribution in [3.05, 3.63) is 29.8 Å². The van der Waals surface area contributed by atoms with Gasteiger partial charge in [-0.25, -0.2) is 0 Å². The van der Waals surface area contributed by atoms with Gasteiger partial charge in [0, 0.05) is 12.6 Å². The lowest BCUT2D eigenvalue weighted by Crippen LogP contribution is -2.26. The fourth-order valence-corrected chi connectivity index (χ4v) is 1.56. The van der Waals surface area contributed by atoms with E-state index in [0.29, 0.717) is 6.54 Å². The van der Waals surface area contributed by atoms with E-state index in [4.69, 9.17) is 4.74 Å². The van der Waals surface area contributed by atoms with E-state index < -0.39 is 12.8 Å². The standard InChI is InChI=1S/C13H18F3NO2/c1-10(11-4-3-5-12(8-11)18-2)17-6-7-19-9-13(14,15)16/h3-5,8,10,17H,6-7,9H2,1-2H3/t10-/m0/s1. The lowest BCUT2D eigenvalue weighted by atomic mass is 10.1. The number of alkyl halides is 3. The van der Waals surface area contributed by atoms with E-state index in [2.05, 4.69) is 10.1 Å². The predicted molar refractivity (Wildman–Crippen MR) is 66.3 cm³/mol. The van der Waals surface area contributed by atoms with Crippen LogP contribution in [0, 0.1) is 0 Å². The van der Waals surface area contributed by atoms with Gasteiger partial charge in [-0.15, -0.1) is 0 Å². The summed E-state index contributed by atoms with van der Waals surface area (Å²) in [5.41, 5.74) is 1.01. The van der Waals surface area contributed by atoms with E-state index in [1.807, 2.05) is 31.2 Å². The minimum absolute atomic E-state index is 0.0181. The molecular weight excluding hydrogens is 259 g/mol. The summed E-state index contributed by atoms with van der Waals surface area (Å²) >= 11 is 0. The van der Waals surface area contributed by atoms with E-state index in [9.17, 15) is 13.2 Å². The van der Waals surface area contributed by atoms with E-state index in [1.54, 1.807) is 7.11 Å². The Labute approximate surface area is 110 Å². The van der Waals surface area contributed by atoms with Crippen LogP contribution in [-0.4, -0.2) is 33.0 Å². The summed E-state index contributed by atoms with van der Waals surface area (Å²) in [5, 5.41) is 3.09. The number of halogens is 3. The van der Waals surface area contributed by atoms with Crippen LogP contribution in [0.3, 0.4) is 0 Å². The summed E-state index contributed by atoms with van der Waals surface area (Å²) in [7, 11) is 1.59. The van der Waals surface area contributed by atoms with Crippen LogP contribution >= 0.6 is 0 Å². The van der Waals surface area contributed by atoms with Gasteiger partial charge in [0.2, 0.25) is 0 Å². The summed E-state index contributed by atoms with van der Waals surface area (Å²) in [6.07, 6.45) is -4.27. The number of methoxy groups -OCH3 is 1. The molecule has 1 N–H and O–H groups in total. The molecule has 6 heteroatoms. The number of nitrogens with one attached hydrogen (secondary N) is 1. The number of hydrogen-bond donors (Lipinski definition) is 1. The Balaban J connectivity index is 2.29. The van der Waals surface area contributed by atoms with Gasteiger partial charge >= 0.3 is 6.18 Å². The van der Waals surface area contributed by atoms with E-state index in [1.165, 1.54) is 0 Å². The summed E-state index contributed by atoms with van der Waals surface area (Å²) < 4.78 is 45.1. The maximum absolute atomic E-state index is 11.8. The molecule has 19 heavy (non-hydrogen) atoms. The molecule has 0 aliphatic heterocycles. The van der Waals surface area contributed by atoms with Gasteiger partial charge in [-0.3, -0.25) is 0 Å². The van der Waals surface area contributed by atoms with Crippen molar-refractivity contribution < 1.29 is 22.6 Å². The number of benzene rings is 1. The predicted octanol–water partition coefficient (Wildman–Crippen LogP) is 2.92. The first-order valence-electron chi connectivity index (χ1n) is 5.94. The van der Waals surface area contributed by atoms with Crippen LogP contribution in [0.2, 0.25) is 0 Å². The van der Waals surface area contributed by atoms with Gasteiger partial charge < -0.3 is 14.8 Å². The Bertz CT molecular complexity index is 382. The highest BCUT2D eigenvalue weighted by Gasteiger charge is 2.27. The summed E-state index contributed by atoms with van der Waals surface area (Å²) in [4.78, 5) is 0. The largest absolute Gasteiger partial charge is 0.497 e. The molecule has 0 aliphatic carbocycles. The molecule has 1 aromatic rings. The van der Waals surface area contributed by atoms with Crippen LogP contribution in [0.1, 0.15) is 18.5 Å². The lowest BCUT2D eigenvalue weighted by Gasteiger charge is -2.15. The molecule has 108 valence electrons. The Morgan fingerprint density at radius 1 is 1.32 bits per heavy atom. The third kappa shape index (κ3) is 6.45. The minimum atomic E-state index is -4.27. The van der Waals surface area contributed by atoms with Gasteiger partial charge in [0.15, 0.2) is 0 Å². The van der Waals surface area contributed by atoms with Crippen molar-refractivity contribution in [2.24, 2.45) is 0 Å². The minimum Gasteiger partial charge on any atom is -0.497 e. The number of ether oxygens (including phenoxy) is 2. The number of hydrogen-bond acceptors (Lipinski definition) is 3. The normalized spacial score (nSPS) is 13.3. The SMILES string of the molecule is COc1cccc([C@H](C)NCCOCC(F)(F)F)c1. The summed E-state index contributed by atoms with van der Waals surface area (Å²) in [5.74, 6) is 0.750. The molecule has 1 rings (SSSR count). The maximum Gasteiger partial charge on any atom is 0.411 e. The summed E-state index contributed by atoms with van der Waals surface area (Å²) in [6.45, 7) is 1.10. The Kier molecular flexibility index (Phi) is 6.11. The summed E-state index contributed by atoms with van der Waals surface area (Å²) in [6, 6.07) is 7.53. The van der Waals surface area contributed by atoms with Gasteiger partial charge in [-0.05, 0) is 24.6 Å². The zero-order valence-electron chi connectivity index (χ0n) is 11.0. The van der Waals surface area contributed by atoms with Crippen LogP contribution in [-0.2, 0) is 4.74 Å². The highest BCUT2D eigenvalue weighted by molar-refractivity contribution is 5.30. The molecule has 0 heterocycles. The van der Waals surface area contributed by atoms with E-state index >= 15 is 0 Å². The zero-order valence-corrected chi connectivity index (χ0v) is 11.0. The molecule has 0 bridgehead atoms. The first-order chi connectivity index (χ1) is 8.92. The van der Waals surface area contributed by atoms with Crippen molar-refractivity contribution in [3.8, 4) is 5.75 Å². The maximum atomic E-state index is 11.8. The first-order valence-corrected chi connectivity index (χ1v) is 5.94. The van der Waals surface area contributed by atoms with Crippen molar-refractivity contribution >= 4 is 0 Å². The van der Waals surface area contributed by atoms with Crippen LogP contribution < -0.4 is 10.1 Å². The van der Waals surface area contributed by atoms with Crippen molar-refractivity contribution in [3.63, 3.8) is 0 Å². The van der Waals surface area contributed by atoms with Crippen molar-refractivity contribution in [1.82, 2.24) is 5.32 Å². The van der Waals surface area contributed by atoms with Gasteiger partial charge in [-0.2, -0.15) is 13.2 Å². The third-order valence-corrected chi connectivity index (χ3v) is 2.56. The van der Waals surface area contributed by atoms with Crippen LogP contribution in [0.4, 0.5) is 13.2 Å². The van der Waals surface area contributed by atoms with Crippen LogP contribution in [0.5, 0.6) is 5.75 Å². The highest BCUT2D eigenvalue weighted by Crippen LogP contribution is 2.18. The average molecular weight is 277 g/mol. The van der Waals surface area contributed by atoms with Gasteiger partial charge in [0.1, 0.15) is 12.4 Å². The van der Waals surface area contributed by atoms with Gasteiger partial charge in [-0.1, -0.05) is 12.1 Å². The second kappa shape index (κ2) is 7.35.